The van der Waals surface area contributed by atoms with Gasteiger partial charge in [-0.2, -0.15) is 0 Å². The lowest BCUT2D eigenvalue weighted by Crippen LogP contribution is -2.06. The Labute approximate surface area is 115 Å². The Morgan fingerprint density at radius 1 is 1.22 bits per heavy atom. The van der Waals surface area contributed by atoms with Crippen LogP contribution in [0.2, 0.25) is 5.15 Å². The van der Waals surface area contributed by atoms with Crippen molar-refractivity contribution in [2.75, 3.05) is 17.6 Å². The number of nitrogens with two attached hydrogens (primary N) is 1. The Kier molecular flexibility index (Phi) is 6.88. The fourth-order valence-electron chi connectivity index (χ4n) is 1.83. The minimum Gasteiger partial charge on any atom is -0.396 e. The van der Waals surface area contributed by atoms with Gasteiger partial charge in [-0.05, 0) is 24.5 Å². The van der Waals surface area contributed by atoms with Crippen LogP contribution in [0.3, 0.4) is 0 Å². The third-order valence-corrected chi connectivity index (χ3v) is 3.10. The number of hydrogen-bond donors (Lipinski definition) is 2. The van der Waals surface area contributed by atoms with Gasteiger partial charge in [-0.1, -0.05) is 51.1 Å². The molecule has 102 valence electrons. The summed E-state index contributed by atoms with van der Waals surface area (Å²) in [5, 5.41) is 3.71. The number of aromatic nitrogens is 1. The maximum atomic E-state index is 5.82. The van der Waals surface area contributed by atoms with Crippen molar-refractivity contribution in [1.29, 1.82) is 0 Å². The van der Waals surface area contributed by atoms with Gasteiger partial charge < -0.3 is 11.1 Å². The molecule has 1 aromatic heterocycles. The molecule has 0 saturated carbocycles. The zero-order chi connectivity index (χ0) is 13.4. The molecule has 0 atom stereocenters. The summed E-state index contributed by atoms with van der Waals surface area (Å²) in [5.74, 6) is 1.52. The third-order valence-electron chi connectivity index (χ3n) is 2.89. The molecule has 0 radical (unpaired) electrons. The summed E-state index contributed by atoms with van der Waals surface area (Å²) in [6, 6.07) is 3.48. The zero-order valence-electron chi connectivity index (χ0n) is 11.4. The summed E-state index contributed by atoms with van der Waals surface area (Å²) in [6.45, 7) is 5.45. The van der Waals surface area contributed by atoms with Crippen LogP contribution in [-0.2, 0) is 0 Å². The first-order valence-electron chi connectivity index (χ1n) is 6.75. The van der Waals surface area contributed by atoms with Crippen molar-refractivity contribution in [1.82, 2.24) is 4.98 Å². The van der Waals surface area contributed by atoms with Crippen molar-refractivity contribution in [2.24, 2.45) is 5.92 Å². The van der Waals surface area contributed by atoms with Gasteiger partial charge in [0.1, 0.15) is 5.15 Å². The predicted octanol–water partition coefficient (Wildman–Crippen LogP) is 4.34. The summed E-state index contributed by atoms with van der Waals surface area (Å²) in [6.07, 6.45) is 6.36. The highest BCUT2D eigenvalue weighted by Gasteiger charge is 2.01. The molecule has 18 heavy (non-hydrogen) atoms. The van der Waals surface area contributed by atoms with E-state index in [1.54, 1.807) is 12.1 Å². The van der Waals surface area contributed by atoms with Gasteiger partial charge in [0.25, 0.3) is 0 Å². The van der Waals surface area contributed by atoms with E-state index in [1.165, 1.54) is 25.7 Å². The van der Waals surface area contributed by atoms with E-state index in [9.17, 15) is 0 Å². The number of anilines is 2. The second kappa shape index (κ2) is 8.20. The van der Waals surface area contributed by atoms with Crippen LogP contribution in [0, 0.1) is 5.92 Å². The first-order valence-corrected chi connectivity index (χ1v) is 7.13. The second-order valence-corrected chi connectivity index (χ2v) is 5.48. The molecular formula is C14H24ClN3. The molecule has 0 amide bonds. The van der Waals surface area contributed by atoms with E-state index >= 15 is 0 Å². The SMILES string of the molecule is CC(C)CCCCCCNc1nc(Cl)ccc1N. The number of hydrogen-bond acceptors (Lipinski definition) is 3. The molecule has 0 saturated heterocycles. The number of halogens is 1. The van der Waals surface area contributed by atoms with Gasteiger partial charge in [-0.3, -0.25) is 0 Å². The molecule has 0 aliphatic heterocycles. The van der Waals surface area contributed by atoms with Gasteiger partial charge in [0.2, 0.25) is 0 Å². The largest absolute Gasteiger partial charge is 0.396 e. The number of pyridine rings is 1. The lowest BCUT2D eigenvalue weighted by molar-refractivity contribution is 0.523. The number of rotatable bonds is 8. The fraction of sp³-hybridized carbons (Fsp3) is 0.643. The zero-order valence-corrected chi connectivity index (χ0v) is 12.1. The molecule has 0 aliphatic rings. The smallest absolute Gasteiger partial charge is 0.150 e. The quantitative estimate of drug-likeness (QED) is 0.545. The summed E-state index contributed by atoms with van der Waals surface area (Å²) >= 11 is 5.82. The van der Waals surface area contributed by atoms with Crippen molar-refractivity contribution in [2.45, 2.75) is 46.0 Å². The lowest BCUT2D eigenvalue weighted by atomic mass is 10.0. The van der Waals surface area contributed by atoms with Gasteiger partial charge in [-0.15, -0.1) is 0 Å². The standard InChI is InChI=1S/C14H24ClN3/c1-11(2)7-5-3-4-6-10-17-14-12(16)8-9-13(15)18-14/h8-9,11H,3-7,10,16H2,1-2H3,(H,17,18). The monoisotopic (exact) mass is 269 g/mol. The van der Waals surface area contributed by atoms with Gasteiger partial charge in [0.05, 0.1) is 5.69 Å². The molecule has 0 bridgehead atoms. The Hall–Kier alpha value is -0.960. The molecule has 1 heterocycles. The molecule has 0 unspecified atom stereocenters. The predicted molar refractivity (Wildman–Crippen MR) is 80.1 cm³/mol. The van der Waals surface area contributed by atoms with Crippen LogP contribution in [-0.4, -0.2) is 11.5 Å². The molecule has 1 rings (SSSR count). The summed E-state index contributed by atoms with van der Waals surface area (Å²) in [7, 11) is 0. The van der Waals surface area contributed by atoms with Gasteiger partial charge >= 0.3 is 0 Å². The van der Waals surface area contributed by atoms with Gasteiger partial charge in [0.15, 0.2) is 5.82 Å². The van der Waals surface area contributed by atoms with Crippen LogP contribution in [0.15, 0.2) is 12.1 Å². The Morgan fingerprint density at radius 2 is 1.94 bits per heavy atom. The van der Waals surface area contributed by atoms with Crippen LogP contribution in [0.5, 0.6) is 0 Å². The maximum absolute atomic E-state index is 5.82. The topological polar surface area (TPSA) is 50.9 Å². The van der Waals surface area contributed by atoms with E-state index in [0.717, 1.165) is 18.9 Å². The Morgan fingerprint density at radius 3 is 2.67 bits per heavy atom. The fourth-order valence-corrected chi connectivity index (χ4v) is 1.97. The summed E-state index contributed by atoms with van der Waals surface area (Å²) < 4.78 is 0. The number of nitrogen functional groups attached to an aromatic ring is 1. The molecule has 1 aromatic rings. The molecule has 0 aromatic carbocycles. The average molecular weight is 270 g/mol. The average Bonchev–Trinajstić information content (AvgIpc) is 2.32. The molecule has 3 N–H and O–H groups in total. The van der Waals surface area contributed by atoms with Crippen molar-refractivity contribution in [3.8, 4) is 0 Å². The van der Waals surface area contributed by atoms with Gasteiger partial charge in [-0.25, -0.2) is 4.98 Å². The highest BCUT2D eigenvalue weighted by molar-refractivity contribution is 6.29. The molecule has 0 spiro atoms. The van der Waals surface area contributed by atoms with E-state index in [-0.39, 0.29) is 0 Å². The normalized spacial score (nSPS) is 10.9. The molecule has 3 nitrogen and oxygen atoms in total. The van der Waals surface area contributed by atoms with E-state index in [2.05, 4.69) is 24.1 Å². The van der Waals surface area contributed by atoms with Crippen LogP contribution in [0.4, 0.5) is 11.5 Å². The van der Waals surface area contributed by atoms with Gasteiger partial charge in [0, 0.05) is 6.54 Å². The summed E-state index contributed by atoms with van der Waals surface area (Å²) in [4.78, 5) is 4.16. The molecule has 0 aliphatic carbocycles. The first kappa shape index (κ1) is 15.1. The first-order chi connectivity index (χ1) is 8.59. The lowest BCUT2D eigenvalue weighted by Gasteiger charge is -2.08. The van der Waals surface area contributed by atoms with Crippen LogP contribution in [0.25, 0.3) is 0 Å². The maximum Gasteiger partial charge on any atom is 0.150 e. The number of unbranched alkanes of at least 4 members (excludes halogenated alkanes) is 3. The van der Waals surface area contributed by atoms with E-state index in [1.807, 2.05) is 0 Å². The van der Waals surface area contributed by atoms with Crippen LogP contribution < -0.4 is 11.1 Å². The van der Waals surface area contributed by atoms with E-state index in [4.69, 9.17) is 17.3 Å². The molecular weight excluding hydrogens is 246 g/mol. The molecule has 4 heteroatoms. The minimum absolute atomic E-state index is 0.476. The highest BCUT2D eigenvalue weighted by Crippen LogP contribution is 2.18. The summed E-state index contributed by atoms with van der Waals surface area (Å²) in [5.41, 5.74) is 6.45. The second-order valence-electron chi connectivity index (χ2n) is 5.10. The van der Waals surface area contributed by atoms with Crippen molar-refractivity contribution < 1.29 is 0 Å². The number of nitrogens with one attached hydrogen (secondary N) is 1. The number of nitrogens with zero attached hydrogens (tertiary/aromatic N) is 1. The highest BCUT2D eigenvalue weighted by atomic mass is 35.5. The third kappa shape index (κ3) is 6.10. The minimum atomic E-state index is 0.476. The van der Waals surface area contributed by atoms with Crippen LogP contribution in [0.1, 0.15) is 46.0 Å². The van der Waals surface area contributed by atoms with E-state index < -0.39 is 0 Å². The molecule has 0 fully saturated rings. The van der Waals surface area contributed by atoms with Crippen molar-refractivity contribution in [3.63, 3.8) is 0 Å². The van der Waals surface area contributed by atoms with E-state index in [0.29, 0.717) is 16.7 Å². The van der Waals surface area contributed by atoms with Crippen molar-refractivity contribution in [3.05, 3.63) is 17.3 Å². The Bertz CT molecular complexity index is 353. The van der Waals surface area contributed by atoms with Crippen molar-refractivity contribution >= 4 is 23.1 Å². The van der Waals surface area contributed by atoms with Crippen LogP contribution >= 0.6 is 11.6 Å². The Balaban J connectivity index is 2.12.